The van der Waals surface area contributed by atoms with Crippen LogP contribution >= 0.6 is 22.9 Å². The van der Waals surface area contributed by atoms with Gasteiger partial charge in [0, 0.05) is 13.6 Å². The molecule has 15 heavy (non-hydrogen) atoms. The first-order valence-electron chi connectivity index (χ1n) is 4.45. The maximum atomic E-state index is 8.96. The summed E-state index contributed by atoms with van der Waals surface area (Å²) in [5.74, 6) is -0.0600. The average Bonchev–Trinajstić information content (AvgIpc) is 2.59. The quantitative estimate of drug-likeness (QED) is 0.880. The van der Waals surface area contributed by atoms with Crippen molar-refractivity contribution in [3.05, 3.63) is 10.0 Å². The number of aliphatic hydroxyl groups is 1. The van der Waals surface area contributed by atoms with Gasteiger partial charge in [-0.2, -0.15) is 5.26 Å². The van der Waals surface area contributed by atoms with Crippen LogP contribution in [0.15, 0.2) is 0 Å². The Hall–Kier alpha value is -0.830. The molecule has 0 amide bonds. The fourth-order valence-corrected chi connectivity index (χ4v) is 2.20. The molecule has 0 aromatic carbocycles. The second-order valence-electron chi connectivity index (χ2n) is 3.28. The summed E-state index contributed by atoms with van der Waals surface area (Å²) in [7, 11) is 1.85. The van der Waals surface area contributed by atoms with E-state index in [1.165, 1.54) is 11.3 Å². The van der Waals surface area contributed by atoms with E-state index < -0.39 is 0 Å². The first kappa shape index (κ1) is 12.2. The van der Waals surface area contributed by atoms with Crippen LogP contribution in [0.2, 0.25) is 5.15 Å². The molecule has 0 saturated heterocycles. The normalized spacial score (nSPS) is 12.2. The SMILES string of the molecule is CC(C#N)CN(C)c1nc(Cl)c(CO)s1. The Morgan fingerprint density at radius 2 is 2.40 bits per heavy atom. The lowest BCUT2D eigenvalue weighted by Crippen LogP contribution is -2.22. The van der Waals surface area contributed by atoms with Crippen LogP contribution < -0.4 is 4.90 Å². The molecule has 0 aliphatic heterocycles. The molecular weight excluding hydrogens is 234 g/mol. The van der Waals surface area contributed by atoms with E-state index in [-0.39, 0.29) is 12.5 Å². The van der Waals surface area contributed by atoms with E-state index in [0.29, 0.717) is 16.6 Å². The molecule has 0 bridgehead atoms. The molecule has 1 rings (SSSR count). The predicted molar refractivity (Wildman–Crippen MR) is 61.1 cm³/mol. The van der Waals surface area contributed by atoms with Crippen LogP contribution in [0.5, 0.6) is 0 Å². The molecule has 4 nitrogen and oxygen atoms in total. The standard InChI is InChI=1S/C9H12ClN3OS/c1-6(3-11)4-13(2)9-12-8(10)7(5-14)15-9/h6,14H,4-5H2,1-2H3. The summed E-state index contributed by atoms with van der Waals surface area (Å²) in [5, 5.41) is 18.7. The zero-order valence-electron chi connectivity index (χ0n) is 8.57. The van der Waals surface area contributed by atoms with Gasteiger partial charge in [0.15, 0.2) is 5.13 Å². The Bertz CT molecular complexity index is 374. The van der Waals surface area contributed by atoms with Crippen molar-refractivity contribution in [2.45, 2.75) is 13.5 Å². The van der Waals surface area contributed by atoms with E-state index in [0.717, 1.165) is 5.13 Å². The van der Waals surface area contributed by atoms with Gasteiger partial charge in [-0.05, 0) is 6.92 Å². The lowest BCUT2D eigenvalue weighted by atomic mass is 10.2. The number of halogens is 1. The number of aliphatic hydroxyl groups excluding tert-OH is 1. The highest BCUT2D eigenvalue weighted by molar-refractivity contribution is 7.16. The molecule has 1 heterocycles. The number of rotatable bonds is 4. The van der Waals surface area contributed by atoms with E-state index in [4.69, 9.17) is 22.0 Å². The van der Waals surface area contributed by atoms with Crippen LogP contribution in [0, 0.1) is 17.2 Å². The largest absolute Gasteiger partial charge is 0.391 e. The van der Waals surface area contributed by atoms with E-state index in [9.17, 15) is 0 Å². The molecule has 1 N–H and O–H groups in total. The molecule has 1 aromatic heterocycles. The van der Waals surface area contributed by atoms with Crippen molar-refractivity contribution in [2.24, 2.45) is 5.92 Å². The minimum Gasteiger partial charge on any atom is -0.391 e. The Balaban J connectivity index is 2.74. The van der Waals surface area contributed by atoms with Crippen molar-refractivity contribution in [2.75, 3.05) is 18.5 Å². The minimum atomic E-state index is -0.0991. The summed E-state index contributed by atoms with van der Waals surface area (Å²) in [5.41, 5.74) is 0. The summed E-state index contributed by atoms with van der Waals surface area (Å²) < 4.78 is 0. The molecule has 1 aromatic rings. The fraction of sp³-hybridized carbons (Fsp3) is 0.556. The monoisotopic (exact) mass is 245 g/mol. The summed E-state index contributed by atoms with van der Waals surface area (Å²) in [4.78, 5) is 6.63. The lowest BCUT2D eigenvalue weighted by Gasteiger charge is -2.16. The summed E-state index contributed by atoms with van der Waals surface area (Å²) in [6.07, 6.45) is 0. The Morgan fingerprint density at radius 3 is 2.87 bits per heavy atom. The smallest absolute Gasteiger partial charge is 0.186 e. The minimum absolute atomic E-state index is 0.0600. The van der Waals surface area contributed by atoms with Crippen LogP contribution in [0.4, 0.5) is 5.13 Å². The third-order valence-corrected chi connectivity index (χ3v) is 3.46. The van der Waals surface area contributed by atoms with Crippen molar-refractivity contribution in [1.29, 1.82) is 5.26 Å². The third kappa shape index (κ3) is 3.06. The highest BCUT2D eigenvalue weighted by Crippen LogP contribution is 2.29. The Labute approximate surface area is 97.7 Å². The number of nitrogens with zero attached hydrogens (tertiary/aromatic N) is 3. The second kappa shape index (κ2) is 5.31. The van der Waals surface area contributed by atoms with Gasteiger partial charge < -0.3 is 10.0 Å². The zero-order valence-corrected chi connectivity index (χ0v) is 10.1. The van der Waals surface area contributed by atoms with Gasteiger partial charge in [0.25, 0.3) is 0 Å². The number of hydrogen-bond acceptors (Lipinski definition) is 5. The average molecular weight is 246 g/mol. The van der Waals surface area contributed by atoms with Crippen molar-refractivity contribution < 1.29 is 5.11 Å². The van der Waals surface area contributed by atoms with Gasteiger partial charge in [-0.3, -0.25) is 0 Å². The first-order chi connectivity index (χ1) is 7.08. The second-order valence-corrected chi connectivity index (χ2v) is 4.70. The predicted octanol–water partition coefficient (Wildman–Crippen LogP) is 1.88. The van der Waals surface area contributed by atoms with Gasteiger partial charge >= 0.3 is 0 Å². The van der Waals surface area contributed by atoms with Gasteiger partial charge in [-0.25, -0.2) is 4.98 Å². The number of anilines is 1. The fourth-order valence-electron chi connectivity index (χ4n) is 1.11. The van der Waals surface area contributed by atoms with Crippen molar-refractivity contribution in [1.82, 2.24) is 4.98 Å². The summed E-state index contributed by atoms with van der Waals surface area (Å²) in [6.45, 7) is 2.35. The number of aromatic nitrogens is 1. The number of nitriles is 1. The van der Waals surface area contributed by atoms with Crippen LogP contribution in [0.1, 0.15) is 11.8 Å². The number of hydrogen-bond donors (Lipinski definition) is 1. The summed E-state index contributed by atoms with van der Waals surface area (Å²) >= 11 is 7.15. The third-order valence-electron chi connectivity index (χ3n) is 1.88. The van der Waals surface area contributed by atoms with E-state index >= 15 is 0 Å². The van der Waals surface area contributed by atoms with Crippen molar-refractivity contribution >= 4 is 28.1 Å². The molecule has 0 fully saturated rings. The van der Waals surface area contributed by atoms with Crippen molar-refractivity contribution in [3.63, 3.8) is 0 Å². The molecule has 1 unspecified atom stereocenters. The molecule has 6 heteroatoms. The van der Waals surface area contributed by atoms with Crippen molar-refractivity contribution in [3.8, 4) is 6.07 Å². The maximum Gasteiger partial charge on any atom is 0.186 e. The van der Waals surface area contributed by atoms with Gasteiger partial charge in [0.2, 0.25) is 0 Å². The lowest BCUT2D eigenvalue weighted by molar-refractivity contribution is 0.285. The van der Waals surface area contributed by atoms with E-state index in [2.05, 4.69) is 11.1 Å². The highest BCUT2D eigenvalue weighted by atomic mass is 35.5. The van der Waals surface area contributed by atoms with Crippen LogP contribution in [0.25, 0.3) is 0 Å². The molecule has 82 valence electrons. The highest BCUT2D eigenvalue weighted by Gasteiger charge is 2.13. The molecule has 0 spiro atoms. The molecule has 0 saturated carbocycles. The van der Waals surface area contributed by atoms with Crippen LogP contribution in [0.3, 0.4) is 0 Å². The maximum absolute atomic E-state index is 8.96. The van der Waals surface area contributed by atoms with Gasteiger partial charge in [0.05, 0.1) is 23.5 Å². The van der Waals surface area contributed by atoms with Gasteiger partial charge in [-0.1, -0.05) is 22.9 Å². The number of thiazole rings is 1. The topological polar surface area (TPSA) is 60.2 Å². The Morgan fingerprint density at radius 1 is 1.73 bits per heavy atom. The van der Waals surface area contributed by atoms with E-state index in [1.807, 2.05) is 18.9 Å². The molecule has 0 aliphatic carbocycles. The molecule has 0 radical (unpaired) electrons. The van der Waals surface area contributed by atoms with Gasteiger partial charge in [0.1, 0.15) is 5.15 Å². The zero-order chi connectivity index (χ0) is 11.4. The molecular formula is C9H12ClN3OS. The molecule has 0 aliphatic rings. The van der Waals surface area contributed by atoms with Crippen LogP contribution in [-0.2, 0) is 6.61 Å². The van der Waals surface area contributed by atoms with Gasteiger partial charge in [-0.15, -0.1) is 0 Å². The van der Waals surface area contributed by atoms with Crippen LogP contribution in [-0.4, -0.2) is 23.7 Å². The summed E-state index contributed by atoms with van der Waals surface area (Å²) in [6, 6.07) is 2.15. The Kier molecular flexibility index (Phi) is 4.33. The van der Waals surface area contributed by atoms with E-state index in [1.54, 1.807) is 0 Å². The molecule has 1 atom stereocenters. The first-order valence-corrected chi connectivity index (χ1v) is 5.64.